The lowest BCUT2D eigenvalue weighted by molar-refractivity contribution is -0.146. The molecule has 0 radical (unpaired) electrons. The van der Waals surface area contributed by atoms with E-state index in [-0.39, 0.29) is 12.1 Å². The Morgan fingerprint density at radius 2 is 1.79 bits per heavy atom. The second kappa shape index (κ2) is 8.76. The van der Waals surface area contributed by atoms with E-state index < -0.39 is 12.7 Å². The summed E-state index contributed by atoms with van der Waals surface area (Å²) in [6, 6.07) is 0. The molecule has 0 fully saturated rings. The van der Waals surface area contributed by atoms with E-state index in [0.717, 1.165) is 6.42 Å². The molecule has 0 saturated heterocycles. The summed E-state index contributed by atoms with van der Waals surface area (Å²) in [5.41, 5.74) is -0.365. The molecule has 0 aromatic heterocycles. The van der Waals surface area contributed by atoms with Crippen LogP contribution in [0.25, 0.3) is 0 Å². The van der Waals surface area contributed by atoms with Crippen molar-refractivity contribution in [3.63, 3.8) is 0 Å². The Morgan fingerprint density at radius 1 is 1.16 bits per heavy atom. The van der Waals surface area contributed by atoms with Crippen LogP contribution >= 0.6 is 0 Å². The fourth-order valence-corrected chi connectivity index (χ4v) is 2.23. The maximum atomic E-state index is 12.4. The topological polar surface area (TPSA) is 35.5 Å². The minimum atomic E-state index is -4.14. The first-order valence-electron chi connectivity index (χ1n) is 6.91. The van der Waals surface area contributed by atoms with Crippen molar-refractivity contribution in [2.45, 2.75) is 51.2 Å². The Balaban J connectivity index is 4.25. The molecule has 0 bridgehead atoms. The van der Waals surface area contributed by atoms with Gasteiger partial charge >= 0.3 is 6.18 Å². The van der Waals surface area contributed by atoms with Crippen LogP contribution in [0.3, 0.4) is 0 Å². The van der Waals surface area contributed by atoms with Gasteiger partial charge in [-0.15, -0.1) is 0 Å². The maximum absolute atomic E-state index is 12.4. The summed E-state index contributed by atoms with van der Waals surface area (Å²) < 4.78 is 37.2. The number of hydrogen-bond donors (Lipinski definition) is 2. The van der Waals surface area contributed by atoms with Crippen LogP contribution in [0.4, 0.5) is 13.2 Å². The lowest BCUT2D eigenvalue weighted by atomic mass is 9.91. The Hall–Kier alpha value is -0.330. The van der Waals surface area contributed by atoms with E-state index in [1.807, 2.05) is 13.8 Å². The van der Waals surface area contributed by atoms with Crippen molar-refractivity contribution < 1.29 is 18.3 Å². The molecule has 0 amide bonds. The van der Waals surface area contributed by atoms with Crippen molar-refractivity contribution in [1.29, 1.82) is 0 Å². The smallest absolute Gasteiger partial charge is 0.394 e. The molecule has 0 aromatic carbocycles. The van der Waals surface area contributed by atoms with Crippen molar-refractivity contribution >= 4 is 0 Å². The van der Waals surface area contributed by atoms with E-state index in [1.54, 1.807) is 7.05 Å². The second-order valence-electron chi connectivity index (χ2n) is 5.04. The van der Waals surface area contributed by atoms with Crippen LogP contribution in [0.5, 0.6) is 0 Å². The molecule has 1 unspecified atom stereocenters. The Morgan fingerprint density at radius 3 is 2.16 bits per heavy atom. The van der Waals surface area contributed by atoms with E-state index >= 15 is 0 Å². The number of rotatable bonds is 10. The van der Waals surface area contributed by atoms with Crippen LogP contribution in [0.2, 0.25) is 0 Å². The molecule has 0 saturated carbocycles. The van der Waals surface area contributed by atoms with Crippen LogP contribution in [0.15, 0.2) is 0 Å². The van der Waals surface area contributed by atoms with Gasteiger partial charge < -0.3 is 10.4 Å². The standard InChI is InChI=1S/C13H27F3N2O/c1-4-8-18(10-13(14,15)16)9-6-7-12(5-2,11-19)17-3/h17,19H,4-11H2,1-3H3. The first kappa shape index (κ1) is 18.7. The SMILES string of the molecule is CCCN(CCCC(CC)(CO)NC)CC(F)(F)F. The predicted molar refractivity (Wildman–Crippen MR) is 71.2 cm³/mol. The number of hydrogen-bond acceptors (Lipinski definition) is 3. The van der Waals surface area contributed by atoms with Crippen molar-refractivity contribution in [2.24, 2.45) is 0 Å². The second-order valence-corrected chi connectivity index (χ2v) is 5.04. The Kier molecular flexibility index (Phi) is 8.61. The summed E-state index contributed by atoms with van der Waals surface area (Å²) in [7, 11) is 1.78. The van der Waals surface area contributed by atoms with Gasteiger partial charge in [0.15, 0.2) is 0 Å². The molecule has 0 rings (SSSR count). The first-order chi connectivity index (χ1) is 8.82. The molecule has 19 heavy (non-hydrogen) atoms. The number of nitrogens with one attached hydrogen (secondary N) is 1. The highest BCUT2D eigenvalue weighted by Crippen LogP contribution is 2.19. The zero-order chi connectivity index (χ0) is 14.9. The Labute approximate surface area is 114 Å². The molecule has 3 nitrogen and oxygen atoms in total. The van der Waals surface area contributed by atoms with Gasteiger partial charge in [0.2, 0.25) is 0 Å². The number of alkyl halides is 3. The lowest BCUT2D eigenvalue weighted by Gasteiger charge is -2.31. The third kappa shape index (κ3) is 7.74. The zero-order valence-corrected chi connectivity index (χ0v) is 12.2. The van der Waals surface area contributed by atoms with Gasteiger partial charge in [0.1, 0.15) is 0 Å². The largest absolute Gasteiger partial charge is 0.401 e. The molecular weight excluding hydrogens is 257 g/mol. The minimum absolute atomic E-state index is 0.00699. The van der Waals surface area contributed by atoms with Gasteiger partial charge in [0.05, 0.1) is 13.2 Å². The van der Waals surface area contributed by atoms with Gasteiger partial charge in [-0.1, -0.05) is 13.8 Å². The maximum Gasteiger partial charge on any atom is 0.401 e. The fraction of sp³-hybridized carbons (Fsp3) is 1.00. The van der Waals surface area contributed by atoms with Crippen LogP contribution in [0, 0.1) is 0 Å². The van der Waals surface area contributed by atoms with Crippen molar-refractivity contribution in [2.75, 3.05) is 33.3 Å². The highest BCUT2D eigenvalue weighted by molar-refractivity contribution is 4.84. The van der Waals surface area contributed by atoms with Gasteiger partial charge in [-0.25, -0.2) is 0 Å². The Bertz CT molecular complexity index is 222. The summed E-state index contributed by atoms with van der Waals surface area (Å²) in [6.45, 7) is 3.87. The summed E-state index contributed by atoms with van der Waals surface area (Å²) in [5.74, 6) is 0. The van der Waals surface area contributed by atoms with E-state index in [1.165, 1.54) is 4.90 Å². The number of halogens is 3. The molecule has 0 aliphatic carbocycles. The van der Waals surface area contributed by atoms with Crippen LogP contribution in [-0.2, 0) is 0 Å². The average Bonchev–Trinajstić information content (AvgIpc) is 2.33. The fourth-order valence-electron chi connectivity index (χ4n) is 2.23. The van der Waals surface area contributed by atoms with Crippen LogP contribution in [-0.4, -0.2) is 55.0 Å². The van der Waals surface area contributed by atoms with Gasteiger partial charge in [-0.2, -0.15) is 13.2 Å². The minimum Gasteiger partial charge on any atom is -0.394 e. The van der Waals surface area contributed by atoms with E-state index in [0.29, 0.717) is 32.4 Å². The molecule has 1 atom stereocenters. The van der Waals surface area contributed by atoms with Gasteiger partial charge in [-0.3, -0.25) is 4.90 Å². The van der Waals surface area contributed by atoms with E-state index in [2.05, 4.69) is 5.32 Å². The third-order valence-electron chi connectivity index (χ3n) is 3.58. The van der Waals surface area contributed by atoms with Crippen molar-refractivity contribution in [3.05, 3.63) is 0 Å². The molecule has 0 heterocycles. The first-order valence-corrected chi connectivity index (χ1v) is 6.91. The summed E-state index contributed by atoms with van der Waals surface area (Å²) >= 11 is 0. The third-order valence-corrected chi connectivity index (χ3v) is 3.58. The lowest BCUT2D eigenvalue weighted by Crippen LogP contribution is -2.46. The van der Waals surface area contributed by atoms with E-state index in [4.69, 9.17) is 0 Å². The highest BCUT2D eigenvalue weighted by atomic mass is 19.4. The normalized spacial score (nSPS) is 15.8. The molecule has 0 spiro atoms. The van der Waals surface area contributed by atoms with Gasteiger partial charge in [0.25, 0.3) is 0 Å². The number of nitrogens with zero attached hydrogens (tertiary/aromatic N) is 1. The molecule has 116 valence electrons. The number of likely N-dealkylation sites (N-methyl/N-ethyl adjacent to an activating group) is 1. The van der Waals surface area contributed by atoms with Crippen molar-refractivity contribution in [1.82, 2.24) is 10.2 Å². The molecule has 0 aliphatic rings. The average molecular weight is 284 g/mol. The molecule has 0 aliphatic heterocycles. The number of aliphatic hydroxyl groups is 1. The van der Waals surface area contributed by atoms with Crippen LogP contribution < -0.4 is 5.32 Å². The highest BCUT2D eigenvalue weighted by Gasteiger charge is 2.31. The molecule has 6 heteroatoms. The van der Waals surface area contributed by atoms with Gasteiger partial charge in [-0.05, 0) is 45.8 Å². The number of aliphatic hydroxyl groups excluding tert-OH is 1. The van der Waals surface area contributed by atoms with E-state index in [9.17, 15) is 18.3 Å². The molecular formula is C13H27F3N2O. The van der Waals surface area contributed by atoms with Crippen molar-refractivity contribution in [3.8, 4) is 0 Å². The zero-order valence-electron chi connectivity index (χ0n) is 12.2. The molecule has 0 aromatic rings. The summed E-state index contributed by atoms with van der Waals surface area (Å²) in [6.07, 6.45) is -1.36. The summed E-state index contributed by atoms with van der Waals surface area (Å²) in [4.78, 5) is 1.44. The summed E-state index contributed by atoms with van der Waals surface area (Å²) in [5, 5.41) is 12.5. The van der Waals surface area contributed by atoms with Gasteiger partial charge in [0, 0.05) is 5.54 Å². The predicted octanol–water partition coefficient (Wildman–Crippen LogP) is 2.40. The van der Waals surface area contributed by atoms with Crippen LogP contribution in [0.1, 0.15) is 39.5 Å². The monoisotopic (exact) mass is 284 g/mol. The molecule has 2 N–H and O–H groups in total. The quantitative estimate of drug-likeness (QED) is 0.646.